The number of carbonyl (C=O) groups is 3. The molecule has 1 aromatic rings. The summed E-state index contributed by atoms with van der Waals surface area (Å²) >= 11 is 0. The Morgan fingerprint density at radius 1 is 1.17 bits per heavy atom. The van der Waals surface area contributed by atoms with Crippen molar-refractivity contribution in [3.8, 4) is 5.75 Å². The molecule has 0 radical (unpaired) electrons. The van der Waals surface area contributed by atoms with Crippen LogP contribution in [0.3, 0.4) is 0 Å². The summed E-state index contributed by atoms with van der Waals surface area (Å²) < 4.78 is 5.43. The van der Waals surface area contributed by atoms with Gasteiger partial charge in [-0.2, -0.15) is 4.99 Å². The average Bonchev–Trinajstić information content (AvgIpc) is 2.75. The van der Waals surface area contributed by atoms with Crippen molar-refractivity contribution in [2.45, 2.75) is 6.42 Å². The van der Waals surface area contributed by atoms with Crippen molar-refractivity contribution in [2.75, 3.05) is 26.7 Å². The molecule has 2 aliphatic rings. The third-order valence-electron chi connectivity index (χ3n) is 4.41. The molecule has 29 heavy (non-hydrogen) atoms. The van der Waals surface area contributed by atoms with E-state index in [1.807, 2.05) is 18.2 Å². The first kappa shape index (κ1) is 20.2. The number of nitrogens with one attached hydrogen (secondary N) is 1. The van der Waals surface area contributed by atoms with Crippen LogP contribution < -0.4 is 10.1 Å². The van der Waals surface area contributed by atoms with Gasteiger partial charge in [0.05, 0.1) is 5.71 Å². The first-order valence-electron chi connectivity index (χ1n) is 9.30. The summed E-state index contributed by atoms with van der Waals surface area (Å²) in [6.45, 7) is 0.729. The van der Waals surface area contributed by atoms with Gasteiger partial charge in [-0.25, -0.2) is 4.99 Å². The van der Waals surface area contributed by atoms with Crippen molar-refractivity contribution in [1.82, 2.24) is 10.2 Å². The minimum Gasteiger partial charge on any atom is -0.484 e. The Morgan fingerprint density at radius 3 is 2.76 bits per heavy atom. The number of hydrogen-bond acceptors (Lipinski definition) is 5. The van der Waals surface area contributed by atoms with Crippen molar-refractivity contribution in [3.63, 3.8) is 0 Å². The van der Waals surface area contributed by atoms with Gasteiger partial charge in [-0.1, -0.05) is 36.4 Å². The lowest BCUT2D eigenvalue weighted by Crippen LogP contribution is -2.38. The molecule has 150 valence electrons. The number of amidine groups is 1. The van der Waals surface area contributed by atoms with Gasteiger partial charge in [-0.15, -0.1) is 0 Å². The second-order valence-corrected chi connectivity index (χ2v) is 6.56. The maximum absolute atomic E-state index is 12.2. The van der Waals surface area contributed by atoms with Crippen LogP contribution in [0.1, 0.15) is 6.42 Å². The van der Waals surface area contributed by atoms with Gasteiger partial charge in [0.2, 0.25) is 5.84 Å². The normalized spacial score (nSPS) is 17.1. The number of hydrogen-bond donors (Lipinski definition) is 1. The zero-order valence-electron chi connectivity index (χ0n) is 16.1. The van der Waals surface area contributed by atoms with Gasteiger partial charge in [0.25, 0.3) is 17.7 Å². The highest BCUT2D eigenvalue weighted by Gasteiger charge is 2.28. The second kappa shape index (κ2) is 9.59. The molecule has 1 aliphatic carbocycles. The number of para-hydroxylation sites is 1. The van der Waals surface area contributed by atoms with Crippen molar-refractivity contribution in [3.05, 3.63) is 54.6 Å². The van der Waals surface area contributed by atoms with Crippen molar-refractivity contribution in [1.29, 1.82) is 0 Å². The molecule has 8 heteroatoms. The summed E-state index contributed by atoms with van der Waals surface area (Å²) in [5, 5.41) is 2.68. The zero-order chi connectivity index (χ0) is 20.6. The first-order valence-corrected chi connectivity index (χ1v) is 9.30. The molecule has 0 saturated carbocycles. The molecule has 1 unspecified atom stereocenters. The molecule has 1 aromatic carbocycles. The molecule has 0 aromatic heterocycles. The SMILES string of the molecule is CN(CCCNC(=O)C1=NC(=O)C2C=CC=CC2=N1)C(=O)COc1ccccc1. The average molecular weight is 394 g/mol. The molecule has 1 atom stereocenters. The number of amides is 3. The largest absolute Gasteiger partial charge is 0.484 e. The highest BCUT2D eigenvalue weighted by Crippen LogP contribution is 2.16. The lowest BCUT2D eigenvalue weighted by Gasteiger charge is -2.18. The van der Waals surface area contributed by atoms with Gasteiger partial charge in [0, 0.05) is 20.1 Å². The van der Waals surface area contributed by atoms with Crippen LogP contribution in [0.15, 0.2) is 64.6 Å². The van der Waals surface area contributed by atoms with Gasteiger partial charge in [0.1, 0.15) is 11.7 Å². The summed E-state index contributed by atoms with van der Waals surface area (Å²) in [5.41, 5.74) is 0.515. The van der Waals surface area contributed by atoms with Crippen molar-refractivity contribution >= 4 is 29.3 Å². The molecule has 0 fully saturated rings. The quantitative estimate of drug-likeness (QED) is 0.669. The Morgan fingerprint density at radius 2 is 1.97 bits per heavy atom. The molecular formula is C21H22N4O4. The smallest absolute Gasteiger partial charge is 0.289 e. The van der Waals surface area contributed by atoms with Gasteiger partial charge >= 0.3 is 0 Å². The lowest BCUT2D eigenvalue weighted by atomic mass is 9.96. The van der Waals surface area contributed by atoms with E-state index in [9.17, 15) is 14.4 Å². The molecule has 1 heterocycles. The number of carbonyl (C=O) groups excluding carboxylic acids is 3. The van der Waals surface area contributed by atoms with E-state index in [2.05, 4.69) is 15.3 Å². The topological polar surface area (TPSA) is 100 Å². The minimum atomic E-state index is -0.506. The van der Waals surface area contributed by atoms with Crippen LogP contribution >= 0.6 is 0 Å². The fourth-order valence-corrected chi connectivity index (χ4v) is 2.76. The maximum atomic E-state index is 12.2. The Bertz CT molecular complexity index is 903. The monoisotopic (exact) mass is 394 g/mol. The van der Waals surface area contributed by atoms with Crippen LogP contribution in [0.4, 0.5) is 0 Å². The predicted octanol–water partition coefficient (Wildman–Crippen LogP) is 1.15. The van der Waals surface area contributed by atoms with Gasteiger partial charge in [-0.05, 0) is 24.6 Å². The summed E-state index contributed by atoms with van der Waals surface area (Å²) in [4.78, 5) is 45.8. The number of allylic oxidation sites excluding steroid dienone is 3. The Hall–Kier alpha value is -3.55. The van der Waals surface area contributed by atoms with E-state index in [-0.39, 0.29) is 18.3 Å². The molecule has 1 N–H and O–H groups in total. The predicted molar refractivity (Wildman–Crippen MR) is 109 cm³/mol. The lowest BCUT2D eigenvalue weighted by molar-refractivity contribution is -0.132. The van der Waals surface area contributed by atoms with E-state index in [4.69, 9.17) is 4.74 Å². The molecule has 1 aliphatic heterocycles. The third kappa shape index (κ3) is 5.47. The third-order valence-corrected chi connectivity index (χ3v) is 4.41. The van der Waals surface area contributed by atoms with Gasteiger partial charge < -0.3 is 15.0 Å². The maximum Gasteiger partial charge on any atom is 0.289 e. The standard InChI is InChI=1S/C21H22N4O4/c1-25(18(26)14-29-15-8-3-2-4-9-15)13-7-12-22-21(28)19-23-17-11-6-5-10-16(17)20(27)24-19/h2-6,8-11,16H,7,12-14H2,1H3,(H,22,28). The number of nitrogens with zero attached hydrogens (tertiary/aromatic N) is 3. The molecular weight excluding hydrogens is 372 g/mol. The number of ether oxygens (including phenoxy) is 1. The summed E-state index contributed by atoms with van der Waals surface area (Å²) in [7, 11) is 1.68. The summed E-state index contributed by atoms with van der Waals surface area (Å²) in [6, 6.07) is 9.11. The first-order chi connectivity index (χ1) is 14.0. The number of rotatable bonds is 8. The highest BCUT2D eigenvalue weighted by atomic mass is 16.5. The van der Waals surface area contributed by atoms with E-state index >= 15 is 0 Å². The second-order valence-electron chi connectivity index (χ2n) is 6.56. The van der Waals surface area contributed by atoms with Crippen molar-refractivity contribution in [2.24, 2.45) is 15.9 Å². The Kier molecular flexibility index (Phi) is 6.67. The Balaban J connectivity index is 1.38. The number of benzene rings is 1. The molecule has 0 bridgehead atoms. The number of aliphatic imine (C=N–C) groups is 2. The van der Waals surface area contributed by atoms with Crippen LogP contribution in [0.5, 0.6) is 5.75 Å². The molecule has 3 amide bonds. The van der Waals surface area contributed by atoms with Crippen molar-refractivity contribution < 1.29 is 19.1 Å². The van der Waals surface area contributed by atoms with Crippen LogP contribution in [0.25, 0.3) is 0 Å². The van der Waals surface area contributed by atoms with E-state index in [0.29, 0.717) is 31.0 Å². The molecule has 3 rings (SSSR count). The number of fused-ring (bicyclic) bond motifs is 1. The molecule has 0 spiro atoms. The van der Waals surface area contributed by atoms with E-state index in [1.54, 1.807) is 48.4 Å². The Labute approximate surface area is 168 Å². The van der Waals surface area contributed by atoms with E-state index in [0.717, 1.165) is 0 Å². The minimum absolute atomic E-state index is 0.0492. The van der Waals surface area contributed by atoms with Gasteiger partial charge in [0.15, 0.2) is 6.61 Å². The van der Waals surface area contributed by atoms with E-state index in [1.165, 1.54) is 0 Å². The fraction of sp³-hybridized carbons (Fsp3) is 0.286. The summed E-state index contributed by atoms with van der Waals surface area (Å²) in [5.74, 6) is -1.07. The number of likely N-dealkylation sites (N-methyl/N-ethyl adjacent to an activating group) is 1. The summed E-state index contributed by atoms with van der Waals surface area (Å²) in [6.07, 6.45) is 7.46. The molecule has 0 saturated heterocycles. The van der Waals surface area contributed by atoms with Crippen LogP contribution in [0, 0.1) is 5.92 Å². The highest BCUT2D eigenvalue weighted by molar-refractivity contribution is 6.44. The fourth-order valence-electron chi connectivity index (χ4n) is 2.76. The zero-order valence-corrected chi connectivity index (χ0v) is 16.1. The van der Waals surface area contributed by atoms with Crippen LogP contribution in [-0.2, 0) is 14.4 Å². The van der Waals surface area contributed by atoms with E-state index < -0.39 is 17.7 Å². The van der Waals surface area contributed by atoms with Crippen LogP contribution in [-0.4, -0.2) is 60.9 Å². The van der Waals surface area contributed by atoms with Crippen LogP contribution in [0.2, 0.25) is 0 Å². The van der Waals surface area contributed by atoms with Gasteiger partial charge in [-0.3, -0.25) is 14.4 Å². The molecule has 8 nitrogen and oxygen atoms in total.